The van der Waals surface area contributed by atoms with E-state index in [0.29, 0.717) is 17.5 Å². The molecule has 1 heterocycles. The summed E-state index contributed by atoms with van der Waals surface area (Å²) in [7, 11) is 4.78. The second-order valence-corrected chi connectivity index (χ2v) is 3.38. The van der Waals surface area contributed by atoms with Gasteiger partial charge in [0.25, 0.3) is 6.01 Å². The summed E-state index contributed by atoms with van der Waals surface area (Å²) in [6, 6.07) is 6.14. The zero-order valence-corrected chi connectivity index (χ0v) is 9.98. The molecule has 90 valence electrons. The molecule has 1 aromatic heterocycles. The Morgan fingerprint density at radius 3 is 2.35 bits per heavy atom. The minimum atomic E-state index is 0.481. The third-order valence-corrected chi connectivity index (χ3v) is 2.44. The van der Waals surface area contributed by atoms with E-state index < -0.39 is 0 Å². The molecule has 0 amide bonds. The summed E-state index contributed by atoms with van der Waals surface area (Å²) in [6.45, 7) is 0. The van der Waals surface area contributed by atoms with Crippen LogP contribution in [0.5, 0.6) is 17.5 Å². The van der Waals surface area contributed by atoms with Crippen LogP contribution in [0.25, 0.3) is 11.3 Å². The van der Waals surface area contributed by atoms with Crippen LogP contribution in [0.2, 0.25) is 0 Å². The highest BCUT2D eigenvalue weighted by Crippen LogP contribution is 2.31. The highest BCUT2D eigenvalue weighted by Gasteiger charge is 2.08. The van der Waals surface area contributed by atoms with E-state index in [1.807, 2.05) is 18.2 Å². The fraction of sp³-hybridized carbons (Fsp3) is 0.250. The van der Waals surface area contributed by atoms with Gasteiger partial charge >= 0.3 is 0 Å². The lowest BCUT2D eigenvalue weighted by Crippen LogP contribution is -1.91. The molecule has 0 spiro atoms. The number of H-pyrrole nitrogens is 1. The molecule has 2 aromatic rings. The minimum absolute atomic E-state index is 0.481. The number of imidazole rings is 1. The first kappa shape index (κ1) is 11.3. The Kier molecular flexibility index (Phi) is 3.18. The van der Waals surface area contributed by atoms with Crippen LogP contribution in [0.3, 0.4) is 0 Å². The van der Waals surface area contributed by atoms with Crippen molar-refractivity contribution in [3.8, 4) is 28.8 Å². The normalized spacial score (nSPS) is 10.1. The lowest BCUT2D eigenvalue weighted by atomic mass is 10.1. The van der Waals surface area contributed by atoms with Crippen molar-refractivity contribution in [3.05, 3.63) is 24.4 Å². The Hall–Kier alpha value is -2.17. The smallest absolute Gasteiger partial charge is 0.293 e. The molecule has 0 saturated carbocycles. The Balaban J connectivity index is 2.38. The van der Waals surface area contributed by atoms with Gasteiger partial charge in [0, 0.05) is 5.56 Å². The lowest BCUT2D eigenvalue weighted by Gasteiger charge is -2.08. The van der Waals surface area contributed by atoms with Crippen LogP contribution in [0.1, 0.15) is 0 Å². The predicted molar refractivity (Wildman–Crippen MR) is 63.7 cm³/mol. The van der Waals surface area contributed by atoms with E-state index in [4.69, 9.17) is 14.2 Å². The number of methoxy groups -OCH3 is 3. The molecule has 0 unspecified atom stereocenters. The van der Waals surface area contributed by atoms with Crippen molar-refractivity contribution in [1.82, 2.24) is 9.97 Å². The fourth-order valence-corrected chi connectivity index (χ4v) is 1.56. The van der Waals surface area contributed by atoms with Gasteiger partial charge < -0.3 is 19.2 Å². The topological polar surface area (TPSA) is 56.4 Å². The molecule has 0 aliphatic heterocycles. The van der Waals surface area contributed by atoms with Gasteiger partial charge in [0.1, 0.15) is 0 Å². The molecule has 0 bridgehead atoms. The van der Waals surface area contributed by atoms with Crippen LogP contribution in [0, 0.1) is 0 Å². The standard InChI is InChI=1S/C12H14N2O3/c1-15-10-5-4-8(6-11(10)16-2)9-7-13-12(14-9)17-3/h4-7H,1-3H3,(H,13,14). The number of nitrogens with zero attached hydrogens (tertiary/aromatic N) is 1. The van der Waals surface area contributed by atoms with Crippen molar-refractivity contribution >= 4 is 0 Å². The van der Waals surface area contributed by atoms with Gasteiger partial charge in [-0.25, -0.2) is 4.98 Å². The molecule has 5 heteroatoms. The Labute approximate surface area is 99.4 Å². The van der Waals surface area contributed by atoms with Crippen LogP contribution in [0.15, 0.2) is 24.4 Å². The first-order valence-corrected chi connectivity index (χ1v) is 5.10. The minimum Gasteiger partial charge on any atom is -0.493 e. The van der Waals surface area contributed by atoms with E-state index in [-0.39, 0.29) is 0 Å². The molecule has 0 aliphatic rings. The van der Waals surface area contributed by atoms with E-state index in [9.17, 15) is 0 Å². The molecule has 2 rings (SSSR count). The SMILES string of the molecule is COc1ncc(-c2ccc(OC)c(OC)c2)[nH]1. The monoisotopic (exact) mass is 234 g/mol. The highest BCUT2D eigenvalue weighted by atomic mass is 16.5. The predicted octanol–water partition coefficient (Wildman–Crippen LogP) is 2.10. The maximum absolute atomic E-state index is 5.24. The summed E-state index contributed by atoms with van der Waals surface area (Å²) in [5.41, 5.74) is 1.82. The first-order valence-electron chi connectivity index (χ1n) is 5.10. The molecule has 1 aromatic carbocycles. The van der Waals surface area contributed by atoms with E-state index in [0.717, 1.165) is 11.3 Å². The van der Waals surface area contributed by atoms with Crippen LogP contribution in [-0.4, -0.2) is 31.3 Å². The van der Waals surface area contributed by atoms with Gasteiger partial charge in [-0.05, 0) is 18.2 Å². The lowest BCUT2D eigenvalue weighted by molar-refractivity contribution is 0.355. The van der Waals surface area contributed by atoms with E-state index in [1.165, 1.54) is 0 Å². The summed E-state index contributed by atoms with van der Waals surface area (Å²) in [5.74, 6) is 1.38. The summed E-state index contributed by atoms with van der Waals surface area (Å²) in [5, 5.41) is 0. The van der Waals surface area contributed by atoms with Gasteiger partial charge in [-0.15, -0.1) is 0 Å². The number of aromatic nitrogens is 2. The molecule has 0 radical (unpaired) electrons. The van der Waals surface area contributed by atoms with Gasteiger partial charge in [0.15, 0.2) is 11.5 Å². The molecule has 0 saturated heterocycles. The Bertz CT molecular complexity index is 508. The van der Waals surface area contributed by atoms with Crippen molar-refractivity contribution in [2.24, 2.45) is 0 Å². The van der Waals surface area contributed by atoms with Crippen molar-refractivity contribution in [2.75, 3.05) is 21.3 Å². The largest absolute Gasteiger partial charge is 0.493 e. The fourth-order valence-electron chi connectivity index (χ4n) is 1.56. The van der Waals surface area contributed by atoms with E-state index >= 15 is 0 Å². The molecular formula is C12H14N2O3. The average molecular weight is 234 g/mol. The van der Waals surface area contributed by atoms with Crippen molar-refractivity contribution in [3.63, 3.8) is 0 Å². The van der Waals surface area contributed by atoms with Gasteiger partial charge in [0.05, 0.1) is 33.2 Å². The zero-order valence-electron chi connectivity index (χ0n) is 9.98. The summed E-state index contributed by atoms with van der Waals surface area (Å²) in [6.07, 6.45) is 1.71. The van der Waals surface area contributed by atoms with Gasteiger partial charge in [-0.2, -0.15) is 0 Å². The number of nitrogens with one attached hydrogen (secondary N) is 1. The number of rotatable bonds is 4. The summed E-state index contributed by atoms with van der Waals surface area (Å²) >= 11 is 0. The van der Waals surface area contributed by atoms with Crippen LogP contribution in [0.4, 0.5) is 0 Å². The molecule has 17 heavy (non-hydrogen) atoms. The van der Waals surface area contributed by atoms with Crippen LogP contribution in [-0.2, 0) is 0 Å². The third kappa shape index (κ3) is 2.18. The quantitative estimate of drug-likeness (QED) is 0.880. The van der Waals surface area contributed by atoms with Gasteiger partial charge in [-0.1, -0.05) is 0 Å². The molecule has 0 fully saturated rings. The average Bonchev–Trinajstić information content (AvgIpc) is 2.86. The van der Waals surface area contributed by atoms with E-state index in [1.54, 1.807) is 27.5 Å². The second kappa shape index (κ2) is 4.78. The maximum atomic E-state index is 5.24. The number of hydrogen-bond donors (Lipinski definition) is 1. The van der Waals surface area contributed by atoms with Gasteiger partial charge in [0.2, 0.25) is 0 Å². The van der Waals surface area contributed by atoms with Gasteiger partial charge in [-0.3, -0.25) is 0 Å². The zero-order chi connectivity index (χ0) is 12.3. The summed E-state index contributed by atoms with van der Waals surface area (Å²) in [4.78, 5) is 7.10. The third-order valence-electron chi connectivity index (χ3n) is 2.44. The molecular weight excluding hydrogens is 220 g/mol. The highest BCUT2D eigenvalue weighted by molar-refractivity contribution is 5.63. The van der Waals surface area contributed by atoms with Crippen molar-refractivity contribution < 1.29 is 14.2 Å². The van der Waals surface area contributed by atoms with Crippen LogP contribution < -0.4 is 14.2 Å². The number of hydrogen-bond acceptors (Lipinski definition) is 4. The number of benzene rings is 1. The molecule has 5 nitrogen and oxygen atoms in total. The second-order valence-electron chi connectivity index (χ2n) is 3.38. The number of ether oxygens (including phenoxy) is 3. The molecule has 0 aliphatic carbocycles. The number of aromatic amines is 1. The van der Waals surface area contributed by atoms with Crippen LogP contribution >= 0.6 is 0 Å². The van der Waals surface area contributed by atoms with Crippen molar-refractivity contribution in [2.45, 2.75) is 0 Å². The Morgan fingerprint density at radius 2 is 1.76 bits per heavy atom. The summed E-state index contributed by atoms with van der Waals surface area (Å²) < 4.78 is 15.4. The molecule has 1 N–H and O–H groups in total. The molecule has 0 atom stereocenters. The Morgan fingerprint density at radius 1 is 1.00 bits per heavy atom. The van der Waals surface area contributed by atoms with Crippen molar-refractivity contribution in [1.29, 1.82) is 0 Å². The first-order chi connectivity index (χ1) is 8.28. The van der Waals surface area contributed by atoms with E-state index in [2.05, 4.69) is 9.97 Å². The maximum Gasteiger partial charge on any atom is 0.293 e.